The van der Waals surface area contributed by atoms with Crippen molar-refractivity contribution in [2.75, 3.05) is 0 Å². The summed E-state index contributed by atoms with van der Waals surface area (Å²) in [6.45, 7) is 8.70. The van der Waals surface area contributed by atoms with Gasteiger partial charge in [-0.3, -0.25) is 0 Å². The van der Waals surface area contributed by atoms with E-state index in [2.05, 4.69) is 76.2 Å². The summed E-state index contributed by atoms with van der Waals surface area (Å²) in [5.41, 5.74) is 15.3. The SMILES string of the molecule is CCC1=C(C)c2cc3cc(cc4[n-]c(cc5ccc(cc1n2)o5)c(CC)c4C)-c1cc[c-]cc1-3.[Pd+2]. The molecule has 1 aliphatic heterocycles. The molecule has 4 heteroatoms. The van der Waals surface area contributed by atoms with Gasteiger partial charge in [0.1, 0.15) is 11.2 Å². The van der Waals surface area contributed by atoms with E-state index in [1.54, 1.807) is 0 Å². The van der Waals surface area contributed by atoms with E-state index in [0.717, 1.165) is 52.0 Å². The van der Waals surface area contributed by atoms with Gasteiger partial charge in [0, 0.05) is 6.07 Å². The molecular formula is C31H26N2OPd. The Labute approximate surface area is 219 Å². The molecule has 0 radical (unpaired) electrons. The smallest absolute Gasteiger partial charge is 0.657 e. The van der Waals surface area contributed by atoms with Crippen LogP contribution in [0.25, 0.3) is 55.6 Å². The Morgan fingerprint density at radius 3 is 2.37 bits per heavy atom. The van der Waals surface area contributed by atoms with E-state index in [4.69, 9.17) is 14.4 Å². The molecule has 8 bridgehead atoms. The zero-order valence-corrected chi connectivity index (χ0v) is 21.9. The van der Waals surface area contributed by atoms with Crippen molar-refractivity contribution >= 4 is 33.3 Å². The normalized spacial score (nSPS) is 12.5. The maximum Gasteiger partial charge on any atom is 2.00 e. The third kappa shape index (κ3) is 3.92. The number of rotatable bonds is 2. The first-order valence-electron chi connectivity index (χ1n) is 12.0. The number of furan rings is 1. The summed E-state index contributed by atoms with van der Waals surface area (Å²) in [4.78, 5) is 10.0. The van der Waals surface area contributed by atoms with E-state index in [1.807, 2.05) is 18.2 Å². The van der Waals surface area contributed by atoms with E-state index in [1.165, 1.54) is 39.0 Å². The first-order chi connectivity index (χ1) is 16.6. The van der Waals surface area contributed by atoms with E-state index in [9.17, 15) is 0 Å². The van der Waals surface area contributed by atoms with Gasteiger partial charge >= 0.3 is 20.4 Å². The van der Waals surface area contributed by atoms with Crippen LogP contribution in [0, 0.1) is 13.0 Å². The van der Waals surface area contributed by atoms with E-state index in [-0.39, 0.29) is 20.4 Å². The molecule has 6 rings (SSSR count). The Bertz CT molecular complexity index is 1650. The van der Waals surface area contributed by atoms with Crippen molar-refractivity contribution in [3.8, 4) is 22.3 Å². The summed E-state index contributed by atoms with van der Waals surface area (Å²) in [5.74, 6) is 0. The zero-order valence-electron chi connectivity index (χ0n) is 20.3. The molecule has 0 atom stereocenters. The van der Waals surface area contributed by atoms with Gasteiger partial charge in [0.15, 0.2) is 0 Å². The standard InChI is InChI=1S/C31H26N2O.Pd/c1-5-24-18(3)28-14-20-13-21(27-10-8-7-9-26(20)27)15-29-19(4)25(6-2)31(33-29)17-23-12-11-22(34-23)16-30(24)32-28;/h7,9-17H,5-6H2,1-4H3;/q-2;+2. The molecule has 176 valence electrons. The zero-order chi connectivity index (χ0) is 23.4. The molecule has 1 aliphatic carbocycles. The first kappa shape index (κ1) is 23.5. The minimum Gasteiger partial charge on any atom is -0.657 e. The second kappa shape index (κ2) is 9.12. The fourth-order valence-electron chi connectivity index (χ4n) is 5.24. The molecule has 0 saturated carbocycles. The van der Waals surface area contributed by atoms with Crippen molar-refractivity contribution in [3.05, 3.63) is 89.2 Å². The van der Waals surface area contributed by atoms with Crippen molar-refractivity contribution in [2.45, 2.75) is 40.5 Å². The number of hydrogen-bond acceptors (Lipinski definition) is 2. The minimum atomic E-state index is 0. The Hall–Kier alpha value is -3.19. The third-order valence-electron chi connectivity index (χ3n) is 7.07. The predicted molar refractivity (Wildman–Crippen MR) is 140 cm³/mol. The summed E-state index contributed by atoms with van der Waals surface area (Å²) in [6, 6.07) is 24.3. The molecule has 4 aromatic rings. The Morgan fingerprint density at radius 2 is 1.60 bits per heavy atom. The first-order valence-corrected chi connectivity index (χ1v) is 12.0. The maximum atomic E-state index is 6.17. The van der Waals surface area contributed by atoms with Gasteiger partial charge in [-0.15, -0.1) is 22.2 Å². The quantitative estimate of drug-likeness (QED) is 0.165. The Morgan fingerprint density at radius 1 is 0.829 bits per heavy atom. The van der Waals surface area contributed by atoms with Crippen LogP contribution >= 0.6 is 0 Å². The van der Waals surface area contributed by atoms with Crippen molar-refractivity contribution in [2.24, 2.45) is 0 Å². The maximum absolute atomic E-state index is 6.17. The third-order valence-corrected chi connectivity index (χ3v) is 7.07. The number of nitrogens with zero attached hydrogens (tertiary/aromatic N) is 2. The molecule has 0 N–H and O–H groups in total. The molecule has 1 aromatic carbocycles. The van der Waals surface area contributed by atoms with Crippen molar-refractivity contribution in [3.63, 3.8) is 0 Å². The van der Waals surface area contributed by atoms with Crippen molar-refractivity contribution in [1.82, 2.24) is 9.97 Å². The average Bonchev–Trinajstić information content (AvgIpc) is 3.56. The van der Waals surface area contributed by atoms with Crippen LogP contribution in [-0.2, 0) is 26.8 Å². The van der Waals surface area contributed by atoms with E-state index < -0.39 is 0 Å². The Kier molecular flexibility index (Phi) is 6.13. The molecule has 0 saturated heterocycles. The van der Waals surface area contributed by atoms with E-state index in [0.29, 0.717) is 0 Å². The number of allylic oxidation sites excluding steroid dienone is 2. The molecule has 4 heterocycles. The molecular weight excluding hydrogens is 523 g/mol. The number of fused-ring (bicyclic) bond motifs is 11. The van der Waals surface area contributed by atoms with Gasteiger partial charge < -0.3 is 9.40 Å². The van der Waals surface area contributed by atoms with Crippen LogP contribution in [0.15, 0.2) is 65.1 Å². The summed E-state index contributed by atoms with van der Waals surface area (Å²) in [7, 11) is 0. The van der Waals surface area contributed by atoms with Gasteiger partial charge in [-0.25, -0.2) is 4.98 Å². The molecule has 0 fully saturated rings. The summed E-state index contributed by atoms with van der Waals surface area (Å²) >= 11 is 0. The van der Waals surface area contributed by atoms with Crippen molar-refractivity contribution < 1.29 is 24.8 Å². The Balaban J connectivity index is 0.00000253. The van der Waals surface area contributed by atoms with Crippen LogP contribution in [-0.4, -0.2) is 4.98 Å². The van der Waals surface area contributed by atoms with Gasteiger partial charge in [-0.1, -0.05) is 42.7 Å². The van der Waals surface area contributed by atoms with Gasteiger partial charge in [0.25, 0.3) is 0 Å². The molecule has 0 spiro atoms. The molecule has 3 aromatic heterocycles. The topological polar surface area (TPSA) is 40.1 Å². The number of aromatic nitrogens is 2. The van der Waals surface area contributed by atoms with Gasteiger partial charge in [-0.2, -0.15) is 24.3 Å². The second-order valence-corrected chi connectivity index (χ2v) is 9.02. The van der Waals surface area contributed by atoms with Crippen LogP contribution in [0.4, 0.5) is 0 Å². The molecule has 3 nitrogen and oxygen atoms in total. The van der Waals surface area contributed by atoms with Gasteiger partial charge in [-0.05, 0) is 67.7 Å². The van der Waals surface area contributed by atoms with Crippen LogP contribution in [0.2, 0.25) is 0 Å². The summed E-state index contributed by atoms with van der Waals surface area (Å²) in [6.07, 6.45) is 1.85. The second-order valence-electron chi connectivity index (χ2n) is 9.02. The molecule has 35 heavy (non-hydrogen) atoms. The monoisotopic (exact) mass is 548 g/mol. The van der Waals surface area contributed by atoms with Gasteiger partial charge in [0.2, 0.25) is 0 Å². The van der Waals surface area contributed by atoms with Gasteiger partial charge in [0.05, 0.1) is 11.4 Å². The van der Waals surface area contributed by atoms with Crippen molar-refractivity contribution in [1.29, 1.82) is 0 Å². The van der Waals surface area contributed by atoms with Crippen LogP contribution in [0.3, 0.4) is 0 Å². The molecule has 0 unspecified atom stereocenters. The summed E-state index contributed by atoms with van der Waals surface area (Å²) in [5, 5.41) is 0. The van der Waals surface area contributed by atoms with Crippen LogP contribution < -0.4 is 4.98 Å². The largest absolute Gasteiger partial charge is 2.00 e. The predicted octanol–water partition coefficient (Wildman–Crippen LogP) is 8.16. The molecule has 2 aliphatic rings. The average molecular weight is 549 g/mol. The fraction of sp³-hybridized carbons (Fsp3) is 0.194. The number of benzene rings is 1. The van der Waals surface area contributed by atoms with Crippen LogP contribution in [0.1, 0.15) is 49.7 Å². The summed E-state index contributed by atoms with van der Waals surface area (Å²) < 4.78 is 6.17. The number of aryl methyl sites for hydroxylation is 2. The van der Waals surface area contributed by atoms with Crippen LogP contribution in [0.5, 0.6) is 0 Å². The minimum absolute atomic E-state index is 0. The number of hydrogen-bond donors (Lipinski definition) is 0. The fourth-order valence-corrected chi connectivity index (χ4v) is 5.24. The molecule has 0 amide bonds. The van der Waals surface area contributed by atoms with E-state index >= 15 is 0 Å².